The molecule has 1 spiro atoms. The van der Waals surface area contributed by atoms with Gasteiger partial charge in [-0.15, -0.1) is 0 Å². The van der Waals surface area contributed by atoms with Crippen LogP contribution in [-0.4, -0.2) is 36.1 Å². The van der Waals surface area contributed by atoms with Gasteiger partial charge in [0.05, 0.1) is 0 Å². The number of cyclic esters (lactones) is 1. The van der Waals surface area contributed by atoms with Gasteiger partial charge in [-0.25, -0.2) is 4.79 Å². The SMILES string of the molecule is CC1=C[C@@H]2/C=C/C[C@H](C)C(=O)/C(C)=C\COC(=O)O[C@]23C(=O)N[C@@H](Cc2ccccc2)[C@@H]3[C@@H]1C. The quantitative estimate of drug-likeness (QED) is 0.514. The topological polar surface area (TPSA) is 81.7 Å². The number of benzene rings is 1. The molecule has 4 rings (SSSR count). The van der Waals surface area contributed by atoms with E-state index in [1.807, 2.05) is 55.5 Å². The van der Waals surface area contributed by atoms with E-state index in [1.54, 1.807) is 13.0 Å². The molecule has 1 saturated heterocycles. The summed E-state index contributed by atoms with van der Waals surface area (Å²) in [6.07, 6.45) is 7.74. The van der Waals surface area contributed by atoms with E-state index in [9.17, 15) is 14.4 Å². The fourth-order valence-electron chi connectivity index (χ4n) is 5.61. The van der Waals surface area contributed by atoms with Gasteiger partial charge >= 0.3 is 6.16 Å². The average Bonchev–Trinajstić information content (AvgIpc) is 3.08. The van der Waals surface area contributed by atoms with Crippen molar-refractivity contribution in [2.24, 2.45) is 23.7 Å². The third-order valence-corrected chi connectivity index (χ3v) is 7.61. The Bertz CT molecular complexity index is 1060. The predicted octanol–water partition coefficient (Wildman–Crippen LogP) is 4.56. The van der Waals surface area contributed by atoms with Crippen LogP contribution in [0.5, 0.6) is 0 Å². The highest BCUT2D eigenvalue weighted by Crippen LogP contribution is 2.50. The highest BCUT2D eigenvalue weighted by molar-refractivity contribution is 5.96. The molecular weight excluding hydrogens is 430 g/mol. The molecule has 2 aliphatic heterocycles. The summed E-state index contributed by atoms with van der Waals surface area (Å²) in [6, 6.07) is 9.80. The van der Waals surface area contributed by atoms with E-state index in [1.165, 1.54) is 0 Å². The van der Waals surface area contributed by atoms with Gasteiger partial charge in [0, 0.05) is 23.8 Å². The molecule has 1 aromatic rings. The number of hydrogen-bond acceptors (Lipinski definition) is 5. The van der Waals surface area contributed by atoms with Gasteiger partial charge < -0.3 is 14.8 Å². The van der Waals surface area contributed by atoms with Gasteiger partial charge in [0.1, 0.15) is 6.61 Å². The van der Waals surface area contributed by atoms with Crippen LogP contribution < -0.4 is 5.32 Å². The van der Waals surface area contributed by atoms with Crippen molar-refractivity contribution in [1.82, 2.24) is 5.32 Å². The number of rotatable bonds is 2. The monoisotopic (exact) mass is 463 g/mol. The molecule has 1 N–H and O–H groups in total. The fraction of sp³-hybridized carbons (Fsp3) is 0.464. The molecule has 1 fully saturated rings. The minimum Gasteiger partial charge on any atom is -0.430 e. The summed E-state index contributed by atoms with van der Waals surface area (Å²) >= 11 is 0. The second-order valence-electron chi connectivity index (χ2n) is 9.79. The highest BCUT2D eigenvalue weighted by Gasteiger charge is 2.64. The molecule has 0 saturated carbocycles. The zero-order chi connectivity index (χ0) is 24.5. The molecule has 6 heteroatoms. The molecule has 0 bridgehead atoms. The third-order valence-electron chi connectivity index (χ3n) is 7.61. The maximum absolute atomic E-state index is 13.6. The normalized spacial score (nSPS) is 36.6. The smallest absolute Gasteiger partial charge is 0.430 e. The van der Waals surface area contributed by atoms with E-state index < -0.39 is 17.7 Å². The third kappa shape index (κ3) is 4.33. The van der Waals surface area contributed by atoms with E-state index in [0.717, 1.165) is 11.1 Å². The van der Waals surface area contributed by atoms with Crippen molar-refractivity contribution in [3.8, 4) is 0 Å². The predicted molar refractivity (Wildman–Crippen MR) is 129 cm³/mol. The molecule has 2 heterocycles. The summed E-state index contributed by atoms with van der Waals surface area (Å²) in [5.74, 6) is -1.21. The van der Waals surface area contributed by atoms with Crippen LogP contribution in [-0.2, 0) is 25.5 Å². The van der Waals surface area contributed by atoms with E-state index in [2.05, 4.69) is 19.2 Å². The van der Waals surface area contributed by atoms with Crippen molar-refractivity contribution >= 4 is 17.8 Å². The highest BCUT2D eigenvalue weighted by atomic mass is 16.7. The van der Waals surface area contributed by atoms with Gasteiger partial charge in [-0.1, -0.05) is 68.0 Å². The summed E-state index contributed by atoms with van der Waals surface area (Å²) in [4.78, 5) is 39.1. The number of carbonyl (C=O) groups is 3. The van der Waals surface area contributed by atoms with Crippen molar-refractivity contribution in [1.29, 1.82) is 0 Å². The van der Waals surface area contributed by atoms with Crippen LogP contribution in [0.1, 0.15) is 39.7 Å². The van der Waals surface area contributed by atoms with Crippen LogP contribution in [0.25, 0.3) is 0 Å². The molecule has 0 radical (unpaired) electrons. The maximum atomic E-state index is 13.6. The first kappa shape index (κ1) is 24.0. The summed E-state index contributed by atoms with van der Waals surface area (Å²) < 4.78 is 11.3. The van der Waals surface area contributed by atoms with Crippen LogP contribution in [0.3, 0.4) is 0 Å². The average molecular weight is 464 g/mol. The lowest BCUT2D eigenvalue weighted by molar-refractivity contribution is -0.147. The lowest BCUT2D eigenvalue weighted by atomic mass is 9.63. The number of ether oxygens (including phenoxy) is 2. The zero-order valence-corrected chi connectivity index (χ0v) is 20.2. The number of ketones is 1. The second-order valence-corrected chi connectivity index (χ2v) is 9.79. The molecule has 1 aliphatic carbocycles. The van der Waals surface area contributed by atoms with Crippen molar-refractivity contribution in [3.63, 3.8) is 0 Å². The molecule has 6 nitrogen and oxygen atoms in total. The van der Waals surface area contributed by atoms with E-state index in [-0.39, 0.29) is 42.1 Å². The Morgan fingerprint density at radius 2 is 1.82 bits per heavy atom. The maximum Gasteiger partial charge on any atom is 0.509 e. The van der Waals surface area contributed by atoms with Crippen LogP contribution in [0.2, 0.25) is 0 Å². The minimum atomic E-state index is -1.41. The standard InChI is InChI=1S/C28H33NO5/c1-17-9-8-12-22-15-19(3)20(4)24-23(16-21-10-6-5-7-11-21)29-26(31)28(22,24)34-27(32)33-14-13-18(2)25(17)30/h5-8,10-13,15,17,20,22-24H,9,14,16H2,1-4H3,(H,29,31)/b12-8+,18-13-/t17-,20+,22-,23-,24-,28+/m0/s1. The molecule has 0 unspecified atom stereocenters. The molecule has 1 amide bonds. The molecule has 0 aromatic heterocycles. The Morgan fingerprint density at radius 3 is 2.56 bits per heavy atom. The number of amides is 1. The molecule has 34 heavy (non-hydrogen) atoms. The lowest BCUT2D eigenvalue weighted by Crippen LogP contribution is -2.56. The van der Waals surface area contributed by atoms with E-state index in [4.69, 9.17) is 9.47 Å². The summed E-state index contributed by atoms with van der Waals surface area (Å²) in [5, 5.41) is 3.15. The van der Waals surface area contributed by atoms with Crippen LogP contribution in [0.4, 0.5) is 4.79 Å². The van der Waals surface area contributed by atoms with Gasteiger partial charge in [-0.05, 0) is 49.8 Å². The van der Waals surface area contributed by atoms with E-state index >= 15 is 0 Å². The molecular formula is C28H33NO5. The van der Waals surface area contributed by atoms with Gasteiger partial charge in [0.2, 0.25) is 5.60 Å². The summed E-state index contributed by atoms with van der Waals surface area (Å²) in [7, 11) is 0. The van der Waals surface area contributed by atoms with Crippen molar-refractivity contribution < 1.29 is 23.9 Å². The number of nitrogens with one attached hydrogen (secondary N) is 1. The van der Waals surface area contributed by atoms with Crippen molar-refractivity contribution in [2.45, 2.75) is 52.2 Å². The molecule has 6 atom stereocenters. The Hall–Kier alpha value is -3.15. The number of hydrogen-bond donors (Lipinski definition) is 1. The van der Waals surface area contributed by atoms with Crippen LogP contribution >= 0.6 is 0 Å². The second kappa shape index (κ2) is 9.61. The van der Waals surface area contributed by atoms with Crippen molar-refractivity contribution in [3.05, 3.63) is 71.3 Å². The first-order valence-electron chi connectivity index (χ1n) is 12.0. The van der Waals surface area contributed by atoms with E-state index in [0.29, 0.717) is 18.4 Å². The Morgan fingerprint density at radius 1 is 1.09 bits per heavy atom. The largest absolute Gasteiger partial charge is 0.509 e. The zero-order valence-electron chi connectivity index (χ0n) is 20.2. The lowest BCUT2D eigenvalue weighted by Gasteiger charge is -2.44. The van der Waals surface area contributed by atoms with Gasteiger partial charge in [0.15, 0.2) is 5.78 Å². The first-order valence-corrected chi connectivity index (χ1v) is 12.0. The number of Topliss-reactive ketones (excluding diaryl/α,β-unsaturated/α-hetero) is 1. The molecule has 180 valence electrons. The molecule has 3 aliphatic rings. The summed E-state index contributed by atoms with van der Waals surface area (Å²) in [6.45, 7) is 7.66. The van der Waals surface area contributed by atoms with Crippen LogP contribution in [0.15, 0.2) is 65.8 Å². The fourth-order valence-corrected chi connectivity index (χ4v) is 5.61. The van der Waals surface area contributed by atoms with Gasteiger partial charge in [-0.2, -0.15) is 0 Å². The van der Waals surface area contributed by atoms with Gasteiger partial charge in [0.25, 0.3) is 5.91 Å². The van der Waals surface area contributed by atoms with Crippen molar-refractivity contribution in [2.75, 3.05) is 6.61 Å². The van der Waals surface area contributed by atoms with Gasteiger partial charge in [-0.3, -0.25) is 9.59 Å². The molecule has 1 aromatic carbocycles. The number of allylic oxidation sites excluding steroid dienone is 3. The Labute approximate surface area is 201 Å². The summed E-state index contributed by atoms with van der Waals surface area (Å²) in [5.41, 5.74) is 1.39. The number of carbonyl (C=O) groups excluding carboxylic acids is 3. The van der Waals surface area contributed by atoms with Crippen LogP contribution in [0, 0.1) is 23.7 Å². The first-order chi connectivity index (χ1) is 16.2. The Balaban J connectivity index is 1.76. The Kier molecular flexibility index (Phi) is 6.78. The minimum absolute atomic E-state index is 0.0129.